The van der Waals surface area contributed by atoms with Crippen molar-refractivity contribution in [3.05, 3.63) is 22.3 Å². The number of rotatable bonds is 3. The van der Waals surface area contributed by atoms with Gasteiger partial charge in [0, 0.05) is 31.1 Å². The Morgan fingerprint density at radius 1 is 1.29 bits per heavy atom. The summed E-state index contributed by atoms with van der Waals surface area (Å²) in [5.74, 6) is 1.40. The highest BCUT2D eigenvalue weighted by molar-refractivity contribution is 7.15. The first kappa shape index (κ1) is 14.7. The molecule has 0 atom stereocenters. The van der Waals surface area contributed by atoms with Crippen LogP contribution in [-0.4, -0.2) is 41.2 Å². The van der Waals surface area contributed by atoms with E-state index in [1.165, 1.54) is 10.4 Å². The van der Waals surface area contributed by atoms with Gasteiger partial charge in [0.25, 0.3) is 5.89 Å². The molecule has 0 unspecified atom stereocenters. The van der Waals surface area contributed by atoms with Crippen molar-refractivity contribution in [2.45, 2.75) is 33.2 Å². The van der Waals surface area contributed by atoms with Gasteiger partial charge in [0.15, 0.2) is 5.82 Å². The number of aryl methyl sites for hydroxylation is 2. The van der Waals surface area contributed by atoms with Crippen LogP contribution in [0.25, 0.3) is 10.8 Å². The van der Waals surface area contributed by atoms with Crippen molar-refractivity contribution in [2.75, 3.05) is 26.2 Å². The molecule has 2 aromatic heterocycles. The molecule has 6 heteroatoms. The van der Waals surface area contributed by atoms with E-state index in [0.717, 1.165) is 36.9 Å². The van der Waals surface area contributed by atoms with Gasteiger partial charge in [0.05, 0.1) is 10.4 Å². The van der Waals surface area contributed by atoms with Crippen molar-refractivity contribution in [2.24, 2.45) is 0 Å². The smallest absolute Gasteiger partial charge is 0.268 e. The third-order valence-electron chi connectivity index (χ3n) is 4.26. The van der Waals surface area contributed by atoms with Crippen LogP contribution in [0.4, 0.5) is 0 Å². The maximum absolute atomic E-state index is 5.50. The zero-order chi connectivity index (χ0) is 15.0. The largest absolute Gasteiger partial charge is 0.333 e. The van der Waals surface area contributed by atoms with Crippen LogP contribution < -0.4 is 5.32 Å². The number of hydrogen-bond donors (Lipinski definition) is 1. The first-order chi connectivity index (χ1) is 9.98. The molecule has 0 aromatic carbocycles. The summed E-state index contributed by atoms with van der Waals surface area (Å²) in [5.41, 5.74) is 1.07. The van der Waals surface area contributed by atoms with E-state index in [0.29, 0.717) is 5.89 Å². The molecule has 1 fully saturated rings. The summed E-state index contributed by atoms with van der Waals surface area (Å²) in [7, 11) is 0. The third-order valence-corrected chi connectivity index (χ3v) is 5.40. The first-order valence-electron chi connectivity index (χ1n) is 7.36. The second-order valence-corrected chi connectivity index (χ2v) is 7.33. The number of nitrogens with one attached hydrogen (secondary N) is 1. The molecule has 5 nitrogen and oxygen atoms in total. The lowest BCUT2D eigenvalue weighted by Crippen LogP contribution is -2.52. The molecule has 0 spiro atoms. The van der Waals surface area contributed by atoms with Gasteiger partial charge >= 0.3 is 0 Å². The van der Waals surface area contributed by atoms with Crippen molar-refractivity contribution in [3.63, 3.8) is 0 Å². The van der Waals surface area contributed by atoms with Gasteiger partial charge in [-0.15, -0.1) is 11.3 Å². The number of thiophene rings is 1. The summed E-state index contributed by atoms with van der Waals surface area (Å²) >= 11 is 1.71. The molecule has 0 bridgehead atoms. The molecule has 1 saturated heterocycles. The number of piperazine rings is 1. The van der Waals surface area contributed by atoms with Crippen molar-refractivity contribution in [1.29, 1.82) is 0 Å². The summed E-state index contributed by atoms with van der Waals surface area (Å²) in [6.07, 6.45) is 0. The monoisotopic (exact) mass is 306 g/mol. The number of aromatic nitrogens is 2. The zero-order valence-electron chi connectivity index (χ0n) is 13.1. The van der Waals surface area contributed by atoms with E-state index in [-0.39, 0.29) is 5.54 Å². The highest BCUT2D eigenvalue weighted by Gasteiger charge is 2.34. The molecule has 2 aromatic rings. The summed E-state index contributed by atoms with van der Waals surface area (Å²) in [6.45, 7) is 12.6. The van der Waals surface area contributed by atoms with Gasteiger partial charge < -0.3 is 9.84 Å². The van der Waals surface area contributed by atoms with Crippen molar-refractivity contribution < 1.29 is 4.52 Å². The minimum Gasteiger partial charge on any atom is -0.333 e. The molecule has 1 aliphatic heterocycles. The summed E-state index contributed by atoms with van der Waals surface area (Å²) in [4.78, 5) is 9.41. The second-order valence-electron chi connectivity index (χ2n) is 6.07. The van der Waals surface area contributed by atoms with Crippen LogP contribution in [0.15, 0.2) is 10.6 Å². The minimum atomic E-state index is -0.203. The fourth-order valence-corrected chi connectivity index (χ4v) is 3.57. The van der Waals surface area contributed by atoms with Gasteiger partial charge in [0.2, 0.25) is 0 Å². The first-order valence-corrected chi connectivity index (χ1v) is 8.17. The molecule has 114 valence electrons. The van der Waals surface area contributed by atoms with Crippen molar-refractivity contribution in [1.82, 2.24) is 20.4 Å². The molecule has 1 aliphatic rings. The fourth-order valence-electron chi connectivity index (χ4n) is 2.62. The van der Waals surface area contributed by atoms with Crippen LogP contribution >= 0.6 is 11.3 Å². The van der Waals surface area contributed by atoms with Crippen LogP contribution in [0.5, 0.6) is 0 Å². The van der Waals surface area contributed by atoms with Crippen LogP contribution in [0, 0.1) is 13.8 Å². The van der Waals surface area contributed by atoms with E-state index in [4.69, 9.17) is 4.52 Å². The molecule has 0 radical (unpaired) electrons. The number of nitrogens with zero attached hydrogens (tertiary/aromatic N) is 3. The van der Waals surface area contributed by atoms with E-state index < -0.39 is 0 Å². The summed E-state index contributed by atoms with van der Waals surface area (Å²) < 4.78 is 5.50. The Morgan fingerprint density at radius 3 is 2.62 bits per heavy atom. The minimum absolute atomic E-state index is 0.203. The molecule has 1 N–H and O–H groups in total. The van der Waals surface area contributed by atoms with E-state index in [9.17, 15) is 0 Å². The van der Waals surface area contributed by atoms with Gasteiger partial charge in [-0.1, -0.05) is 5.16 Å². The molecule has 3 rings (SSSR count). The lowest BCUT2D eigenvalue weighted by molar-refractivity contribution is 0.0925. The molecule has 0 aliphatic carbocycles. The second kappa shape index (κ2) is 5.51. The van der Waals surface area contributed by atoms with Gasteiger partial charge in [-0.25, -0.2) is 0 Å². The molecule has 0 saturated carbocycles. The average molecular weight is 306 g/mol. The Kier molecular flexibility index (Phi) is 3.86. The van der Waals surface area contributed by atoms with Gasteiger partial charge in [-0.3, -0.25) is 4.90 Å². The lowest BCUT2D eigenvalue weighted by atomic mass is 10.0. The Morgan fingerprint density at radius 2 is 2.00 bits per heavy atom. The molecule has 0 amide bonds. The molecular formula is C15H22N4OS. The summed E-state index contributed by atoms with van der Waals surface area (Å²) in [6, 6.07) is 2.12. The van der Waals surface area contributed by atoms with Crippen LogP contribution in [0.1, 0.15) is 30.1 Å². The Balaban J connectivity index is 1.86. The highest BCUT2D eigenvalue weighted by atomic mass is 32.1. The standard InChI is InChI=1S/C15H22N4OS/c1-10-9-12(21-11(10)2)13-17-14(18-20-13)15(3,4)19-7-5-16-6-8-19/h9,16H,5-8H2,1-4H3. The predicted octanol–water partition coefficient (Wildman–Crippen LogP) is 2.56. The van der Waals surface area contributed by atoms with Crippen molar-refractivity contribution >= 4 is 11.3 Å². The fraction of sp³-hybridized carbons (Fsp3) is 0.600. The Hall–Kier alpha value is -1.24. The molecule has 3 heterocycles. The maximum atomic E-state index is 5.50. The quantitative estimate of drug-likeness (QED) is 0.944. The van der Waals surface area contributed by atoms with Crippen LogP contribution in [0.3, 0.4) is 0 Å². The third kappa shape index (κ3) is 2.75. The van der Waals surface area contributed by atoms with E-state index in [2.05, 4.69) is 54.1 Å². The van der Waals surface area contributed by atoms with E-state index >= 15 is 0 Å². The molecule has 21 heavy (non-hydrogen) atoms. The van der Waals surface area contributed by atoms with Crippen LogP contribution in [-0.2, 0) is 5.54 Å². The topological polar surface area (TPSA) is 54.2 Å². The zero-order valence-corrected chi connectivity index (χ0v) is 13.9. The predicted molar refractivity (Wildman–Crippen MR) is 84.6 cm³/mol. The van der Waals surface area contributed by atoms with Gasteiger partial charge in [0.1, 0.15) is 0 Å². The Bertz CT molecular complexity index is 606. The average Bonchev–Trinajstić information content (AvgIpc) is 3.08. The van der Waals surface area contributed by atoms with Gasteiger partial charge in [-0.05, 0) is 39.3 Å². The van der Waals surface area contributed by atoms with E-state index in [1.54, 1.807) is 11.3 Å². The van der Waals surface area contributed by atoms with Gasteiger partial charge in [-0.2, -0.15) is 4.98 Å². The normalized spacial score (nSPS) is 17.3. The number of hydrogen-bond acceptors (Lipinski definition) is 6. The van der Waals surface area contributed by atoms with E-state index in [1.807, 2.05) is 0 Å². The molecular weight excluding hydrogens is 284 g/mol. The summed E-state index contributed by atoms with van der Waals surface area (Å²) in [5, 5.41) is 7.61. The van der Waals surface area contributed by atoms with Crippen molar-refractivity contribution in [3.8, 4) is 10.8 Å². The highest BCUT2D eigenvalue weighted by Crippen LogP contribution is 2.32. The SMILES string of the molecule is Cc1cc(-c2nc(C(C)(C)N3CCNCC3)no2)sc1C. The lowest BCUT2D eigenvalue weighted by Gasteiger charge is -2.38. The maximum Gasteiger partial charge on any atom is 0.268 e. The Labute approximate surface area is 129 Å². The van der Waals surface area contributed by atoms with Crippen LogP contribution in [0.2, 0.25) is 0 Å².